The Morgan fingerprint density at radius 3 is 2.52 bits per heavy atom. The first-order chi connectivity index (χ1) is 11.8. The molecule has 2 aromatic carbocycles. The van der Waals surface area contributed by atoms with Gasteiger partial charge >= 0.3 is 0 Å². The van der Waals surface area contributed by atoms with Crippen LogP contribution in [-0.2, 0) is 4.79 Å². The van der Waals surface area contributed by atoms with Crippen molar-refractivity contribution in [1.82, 2.24) is 5.32 Å². The molecule has 0 aliphatic rings. The van der Waals surface area contributed by atoms with E-state index in [0.29, 0.717) is 11.6 Å². The summed E-state index contributed by atoms with van der Waals surface area (Å²) in [6, 6.07) is 6.54. The van der Waals surface area contributed by atoms with Crippen LogP contribution < -0.4 is 10.6 Å². The number of nitro benzene ring substituents is 1. The zero-order valence-electron chi connectivity index (χ0n) is 13.0. The smallest absolute Gasteiger partial charge is 0.273 e. The largest absolute Gasteiger partial charge is 0.343 e. The van der Waals surface area contributed by atoms with Crippen LogP contribution in [0.4, 0.5) is 20.2 Å². The number of benzene rings is 2. The fourth-order valence-electron chi connectivity index (χ4n) is 2.00. The maximum atomic E-state index is 13.4. The molecule has 7 nitrogen and oxygen atoms in total. The lowest BCUT2D eigenvalue weighted by atomic mass is 10.1. The van der Waals surface area contributed by atoms with Crippen LogP contribution in [0.5, 0.6) is 0 Å². The molecule has 0 fully saturated rings. The SMILES string of the molecule is Cc1ccc(C(=O)NCC(=O)Nc2ccc(F)cc2F)cc1[N+](=O)[O-]. The molecular weight excluding hydrogens is 336 g/mol. The van der Waals surface area contributed by atoms with Crippen molar-refractivity contribution in [2.75, 3.05) is 11.9 Å². The number of hydrogen-bond acceptors (Lipinski definition) is 4. The highest BCUT2D eigenvalue weighted by molar-refractivity contribution is 5.99. The van der Waals surface area contributed by atoms with Crippen molar-refractivity contribution in [1.29, 1.82) is 0 Å². The van der Waals surface area contributed by atoms with Crippen molar-refractivity contribution in [2.45, 2.75) is 6.92 Å². The van der Waals surface area contributed by atoms with E-state index in [2.05, 4.69) is 10.6 Å². The summed E-state index contributed by atoms with van der Waals surface area (Å²) in [4.78, 5) is 33.9. The van der Waals surface area contributed by atoms with E-state index < -0.39 is 34.9 Å². The molecule has 0 heterocycles. The number of nitrogens with zero attached hydrogens (tertiary/aromatic N) is 1. The molecule has 0 radical (unpaired) electrons. The summed E-state index contributed by atoms with van der Waals surface area (Å²) in [6.45, 7) is 1.04. The highest BCUT2D eigenvalue weighted by Crippen LogP contribution is 2.19. The van der Waals surface area contributed by atoms with Gasteiger partial charge in [0.1, 0.15) is 11.6 Å². The monoisotopic (exact) mass is 349 g/mol. The van der Waals surface area contributed by atoms with Crippen LogP contribution in [-0.4, -0.2) is 23.3 Å². The Hall–Kier alpha value is -3.36. The van der Waals surface area contributed by atoms with E-state index in [4.69, 9.17) is 0 Å². The minimum absolute atomic E-state index is 0.0121. The Morgan fingerprint density at radius 1 is 1.16 bits per heavy atom. The number of carbonyl (C=O) groups is 2. The number of carbonyl (C=O) groups excluding carboxylic acids is 2. The fourth-order valence-corrected chi connectivity index (χ4v) is 2.00. The maximum Gasteiger partial charge on any atom is 0.273 e. The highest BCUT2D eigenvalue weighted by atomic mass is 19.1. The second kappa shape index (κ2) is 7.47. The molecule has 0 saturated carbocycles. The van der Waals surface area contributed by atoms with Gasteiger partial charge in [0.15, 0.2) is 0 Å². The Labute approximate surface area is 140 Å². The van der Waals surface area contributed by atoms with Crippen molar-refractivity contribution >= 4 is 23.2 Å². The van der Waals surface area contributed by atoms with Gasteiger partial charge in [-0.2, -0.15) is 0 Å². The maximum absolute atomic E-state index is 13.4. The fraction of sp³-hybridized carbons (Fsp3) is 0.125. The summed E-state index contributed by atoms with van der Waals surface area (Å²) in [5.74, 6) is -3.17. The van der Waals surface area contributed by atoms with Crippen LogP contribution >= 0.6 is 0 Å². The van der Waals surface area contributed by atoms with Crippen LogP contribution in [0.3, 0.4) is 0 Å². The summed E-state index contributed by atoms with van der Waals surface area (Å²) in [5, 5.41) is 15.3. The van der Waals surface area contributed by atoms with Gasteiger partial charge in [-0.1, -0.05) is 6.07 Å². The molecule has 2 amide bonds. The average Bonchev–Trinajstić information content (AvgIpc) is 2.55. The van der Waals surface area contributed by atoms with Crippen LogP contribution in [0.25, 0.3) is 0 Å². The van der Waals surface area contributed by atoms with E-state index in [-0.39, 0.29) is 16.9 Å². The zero-order chi connectivity index (χ0) is 18.6. The minimum atomic E-state index is -0.950. The summed E-state index contributed by atoms with van der Waals surface area (Å²) in [6.07, 6.45) is 0. The molecule has 0 aliphatic heterocycles. The van der Waals surface area contributed by atoms with Crippen LogP contribution in [0.2, 0.25) is 0 Å². The van der Waals surface area contributed by atoms with Gasteiger partial charge in [0.25, 0.3) is 11.6 Å². The normalized spacial score (nSPS) is 10.2. The van der Waals surface area contributed by atoms with E-state index in [1.807, 2.05) is 0 Å². The predicted octanol–water partition coefficient (Wildman–Crippen LogP) is 2.55. The number of aryl methyl sites for hydroxylation is 1. The molecule has 0 saturated heterocycles. The number of rotatable bonds is 5. The zero-order valence-corrected chi connectivity index (χ0v) is 13.0. The Kier molecular flexibility index (Phi) is 5.38. The van der Waals surface area contributed by atoms with Crippen molar-refractivity contribution < 1.29 is 23.3 Å². The summed E-state index contributed by atoms with van der Waals surface area (Å²) in [5.41, 5.74) is -0.0405. The topological polar surface area (TPSA) is 101 Å². The molecule has 0 aromatic heterocycles. The number of nitrogens with one attached hydrogen (secondary N) is 2. The minimum Gasteiger partial charge on any atom is -0.343 e. The number of nitro groups is 1. The summed E-state index contributed by atoms with van der Waals surface area (Å²) in [7, 11) is 0. The second-order valence-corrected chi connectivity index (χ2v) is 5.11. The second-order valence-electron chi connectivity index (χ2n) is 5.11. The summed E-state index contributed by atoms with van der Waals surface area (Å²) < 4.78 is 26.2. The standard InChI is InChI=1S/C16H13F2N3O4/c1-9-2-3-10(6-14(9)21(24)25)16(23)19-8-15(22)20-13-5-4-11(17)7-12(13)18/h2-7H,8H2,1H3,(H,19,23)(H,20,22). The van der Waals surface area contributed by atoms with Crippen LogP contribution in [0, 0.1) is 28.7 Å². The Balaban J connectivity index is 1.98. The number of hydrogen-bond donors (Lipinski definition) is 2. The quantitative estimate of drug-likeness (QED) is 0.640. The van der Waals surface area contributed by atoms with E-state index in [9.17, 15) is 28.5 Å². The van der Waals surface area contributed by atoms with Gasteiger partial charge < -0.3 is 10.6 Å². The van der Waals surface area contributed by atoms with Gasteiger partial charge in [0.05, 0.1) is 17.2 Å². The molecule has 0 spiro atoms. The highest BCUT2D eigenvalue weighted by Gasteiger charge is 2.16. The van der Waals surface area contributed by atoms with Gasteiger partial charge in [0.2, 0.25) is 5.91 Å². The number of halogens is 2. The molecule has 2 aromatic rings. The average molecular weight is 349 g/mol. The van der Waals surface area contributed by atoms with Crippen molar-refractivity contribution in [3.63, 3.8) is 0 Å². The molecule has 25 heavy (non-hydrogen) atoms. The third kappa shape index (κ3) is 4.56. The molecule has 0 aliphatic carbocycles. The third-order valence-electron chi connectivity index (χ3n) is 3.28. The lowest BCUT2D eigenvalue weighted by molar-refractivity contribution is -0.385. The van der Waals surface area contributed by atoms with E-state index in [0.717, 1.165) is 18.2 Å². The van der Waals surface area contributed by atoms with Crippen molar-refractivity contribution in [2.24, 2.45) is 0 Å². The van der Waals surface area contributed by atoms with Crippen molar-refractivity contribution in [3.8, 4) is 0 Å². The molecule has 0 atom stereocenters. The Bertz CT molecular complexity index is 855. The van der Waals surface area contributed by atoms with Gasteiger partial charge in [-0.25, -0.2) is 8.78 Å². The third-order valence-corrected chi connectivity index (χ3v) is 3.28. The number of anilines is 1. The first-order valence-electron chi connectivity index (χ1n) is 7.06. The molecule has 2 N–H and O–H groups in total. The molecule has 0 bridgehead atoms. The van der Waals surface area contributed by atoms with Gasteiger partial charge in [-0.05, 0) is 25.1 Å². The van der Waals surface area contributed by atoms with Gasteiger partial charge in [0, 0.05) is 23.3 Å². The van der Waals surface area contributed by atoms with E-state index in [1.165, 1.54) is 19.1 Å². The molecule has 9 heteroatoms. The van der Waals surface area contributed by atoms with Gasteiger partial charge in [-0.3, -0.25) is 19.7 Å². The summed E-state index contributed by atoms with van der Waals surface area (Å²) >= 11 is 0. The first-order valence-corrected chi connectivity index (χ1v) is 7.06. The van der Waals surface area contributed by atoms with E-state index >= 15 is 0 Å². The van der Waals surface area contributed by atoms with Crippen LogP contribution in [0.1, 0.15) is 15.9 Å². The molecule has 0 unspecified atom stereocenters. The molecular formula is C16H13F2N3O4. The predicted molar refractivity (Wildman–Crippen MR) is 85.2 cm³/mol. The first kappa shape index (κ1) is 18.0. The van der Waals surface area contributed by atoms with Crippen LogP contribution in [0.15, 0.2) is 36.4 Å². The molecule has 130 valence electrons. The van der Waals surface area contributed by atoms with Gasteiger partial charge in [-0.15, -0.1) is 0 Å². The molecule has 2 rings (SSSR count). The Morgan fingerprint density at radius 2 is 1.88 bits per heavy atom. The lowest BCUT2D eigenvalue weighted by Crippen LogP contribution is -2.33. The number of amides is 2. The lowest BCUT2D eigenvalue weighted by Gasteiger charge is -2.08. The van der Waals surface area contributed by atoms with E-state index in [1.54, 1.807) is 0 Å². The van der Waals surface area contributed by atoms with Crippen molar-refractivity contribution in [3.05, 3.63) is 69.3 Å².